The van der Waals surface area contributed by atoms with E-state index in [2.05, 4.69) is 24.1 Å². The molecule has 86 valence electrons. The standard InChI is InChI=1S/C12H22N2O/c1-9-3-4-10(2)14(9)12(15)11-5-7-13-8-6-11/h9-11,13H,3-8H2,1-2H3. The zero-order valence-electron chi connectivity index (χ0n) is 9.83. The van der Waals surface area contributed by atoms with Gasteiger partial charge in [0.1, 0.15) is 0 Å². The average Bonchev–Trinajstić information content (AvgIpc) is 2.59. The van der Waals surface area contributed by atoms with Crippen LogP contribution in [0.3, 0.4) is 0 Å². The molecule has 2 atom stereocenters. The number of amides is 1. The van der Waals surface area contributed by atoms with Gasteiger partial charge in [-0.3, -0.25) is 4.79 Å². The lowest BCUT2D eigenvalue weighted by molar-refractivity contribution is -0.138. The van der Waals surface area contributed by atoms with E-state index in [4.69, 9.17) is 0 Å². The molecule has 15 heavy (non-hydrogen) atoms. The number of rotatable bonds is 1. The first-order valence-electron chi connectivity index (χ1n) is 6.23. The van der Waals surface area contributed by atoms with Crippen LogP contribution in [-0.2, 0) is 4.79 Å². The van der Waals surface area contributed by atoms with Gasteiger partial charge in [-0.25, -0.2) is 0 Å². The molecule has 3 nitrogen and oxygen atoms in total. The summed E-state index contributed by atoms with van der Waals surface area (Å²) >= 11 is 0. The summed E-state index contributed by atoms with van der Waals surface area (Å²) in [5.74, 6) is 0.697. The van der Waals surface area contributed by atoms with Crippen LogP contribution in [0.25, 0.3) is 0 Å². The highest BCUT2D eigenvalue weighted by molar-refractivity contribution is 5.79. The van der Waals surface area contributed by atoms with Crippen LogP contribution in [-0.4, -0.2) is 36.0 Å². The molecule has 0 radical (unpaired) electrons. The Morgan fingerprint density at radius 3 is 2.13 bits per heavy atom. The molecule has 2 saturated heterocycles. The summed E-state index contributed by atoms with van der Waals surface area (Å²) in [5.41, 5.74) is 0. The maximum absolute atomic E-state index is 12.3. The van der Waals surface area contributed by atoms with Crippen molar-refractivity contribution in [1.82, 2.24) is 10.2 Å². The minimum absolute atomic E-state index is 0.286. The molecule has 2 aliphatic heterocycles. The van der Waals surface area contributed by atoms with E-state index in [0.717, 1.165) is 25.9 Å². The molecule has 0 aromatic carbocycles. The van der Waals surface area contributed by atoms with Crippen molar-refractivity contribution in [2.24, 2.45) is 5.92 Å². The third-order valence-electron chi connectivity index (χ3n) is 3.89. The minimum atomic E-state index is 0.286. The fourth-order valence-corrected chi connectivity index (χ4v) is 2.91. The molecule has 2 heterocycles. The van der Waals surface area contributed by atoms with Crippen molar-refractivity contribution >= 4 is 5.91 Å². The lowest BCUT2D eigenvalue weighted by atomic mass is 9.96. The van der Waals surface area contributed by atoms with Gasteiger partial charge in [-0.1, -0.05) is 0 Å². The number of hydrogen-bond acceptors (Lipinski definition) is 2. The molecule has 2 unspecified atom stereocenters. The van der Waals surface area contributed by atoms with E-state index in [0.29, 0.717) is 18.0 Å². The number of carbonyl (C=O) groups is 1. The van der Waals surface area contributed by atoms with Crippen molar-refractivity contribution in [2.75, 3.05) is 13.1 Å². The Morgan fingerprint density at radius 2 is 1.60 bits per heavy atom. The van der Waals surface area contributed by atoms with Crippen LogP contribution in [0.15, 0.2) is 0 Å². The van der Waals surface area contributed by atoms with Crippen molar-refractivity contribution in [3.05, 3.63) is 0 Å². The van der Waals surface area contributed by atoms with Gasteiger partial charge in [-0.05, 0) is 52.6 Å². The second-order valence-electron chi connectivity index (χ2n) is 5.05. The Hall–Kier alpha value is -0.570. The van der Waals surface area contributed by atoms with Crippen LogP contribution in [0.4, 0.5) is 0 Å². The number of piperidine rings is 1. The highest BCUT2D eigenvalue weighted by Crippen LogP contribution is 2.27. The summed E-state index contributed by atoms with van der Waals surface area (Å²) in [6.07, 6.45) is 4.40. The highest BCUT2D eigenvalue weighted by atomic mass is 16.2. The Morgan fingerprint density at radius 1 is 1.07 bits per heavy atom. The van der Waals surface area contributed by atoms with Crippen LogP contribution >= 0.6 is 0 Å². The molecule has 0 aromatic rings. The summed E-state index contributed by atoms with van der Waals surface area (Å²) in [6.45, 7) is 6.38. The van der Waals surface area contributed by atoms with E-state index in [1.165, 1.54) is 12.8 Å². The number of nitrogens with one attached hydrogen (secondary N) is 1. The van der Waals surface area contributed by atoms with Gasteiger partial charge in [0.2, 0.25) is 5.91 Å². The molecule has 2 aliphatic rings. The number of carbonyl (C=O) groups excluding carboxylic acids is 1. The largest absolute Gasteiger partial charge is 0.337 e. The van der Waals surface area contributed by atoms with E-state index >= 15 is 0 Å². The van der Waals surface area contributed by atoms with Crippen molar-refractivity contribution in [3.8, 4) is 0 Å². The molecule has 0 spiro atoms. The van der Waals surface area contributed by atoms with Crippen LogP contribution in [0.5, 0.6) is 0 Å². The third kappa shape index (κ3) is 2.17. The zero-order chi connectivity index (χ0) is 10.8. The third-order valence-corrected chi connectivity index (χ3v) is 3.89. The van der Waals surface area contributed by atoms with Gasteiger partial charge in [0, 0.05) is 18.0 Å². The summed E-state index contributed by atoms with van der Waals surface area (Å²) in [5, 5.41) is 3.31. The summed E-state index contributed by atoms with van der Waals surface area (Å²) in [7, 11) is 0. The summed E-state index contributed by atoms with van der Waals surface area (Å²) < 4.78 is 0. The van der Waals surface area contributed by atoms with E-state index < -0.39 is 0 Å². The lowest BCUT2D eigenvalue weighted by Gasteiger charge is -2.32. The molecule has 1 amide bonds. The minimum Gasteiger partial charge on any atom is -0.337 e. The van der Waals surface area contributed by atoms with Gasteiger partial charge >= 0.3 is 0 Å². The molecular weight excluding hydrogens is 188 g/mol. The van der Waals surface area contributed by atoms with Crippen molar-refractivity contribution in [3.63, 3.8) is 0 Å². The van der Waals surface area contributed by atoms with E-state index in [1.54, 1.807) is 0 Å². The van der Waals surface area contributed by atoms with Crippen molar-refractivity contribution < 1.29 is 4.79 Å². The van der Waals surface area contributed by atoms with Crippen LogP contribution in [0.1, 0.15) is 39.5 Å². The molecule has 0 aliphatic carbocycles. The van der Waals surface area contributed by atoms with Crippen molar-refractivity contribution in [2.45, 2.75) is 51.6 Å². The van der Waals surface area contributed by atoms with Crippen LogP contribution in [0.2, 0.25) is 0 Å². The van der Waals surface area contributed by atoms with Crippen LogP contribution in [0, 0.1) is 5.92 Å². The Labute approximate surface area is 92.2 Å². The average molecular weight is 210 g/mol. The number of nitrogens with zero attached hydrogens (tertiary/aromatic N) is 1. The van der Waals surface area contributed by atoms with E-state index in [-0.39, 0.29) is 5.92 Å². The SMILES string of the molecule is CC1CCC(C)N1C(=O)C1CCNCC1. The van der Waals surface area contributed by atoms with Gasteiger partial charge in [-0.2, -0.15) is 0 Å². The molecule has 0 saturated carbocycles. The first kappa shape index (κ1) is 10.9. The Bertz CT molecular complexity index is 226. The second kappa shape index (κ2) is 4.52. The molecule has 2 rings (SSSR count). The van der Waals surface area contributed by atoms with Crippen LogP contribution < -0.4 is 5.32 Å². The smallest absolute Gasteiger partial charge is 0.226 e. The molecule has 0 bridgehead atoms. The first-order chi connectivity index (χ1) is 7.20. The van der Waals surface area contributed by atoms with Gasteiger partial charge in [0.15, 0.2) is 0 Å². The van der Waals surface area contributed by atoms with Gasteiger partial charge in [0.05, 0.1) is 0 Å². The molecule has 1 N–H and O–H groups in total. The normalized spacial score (nSPS) is 33.3. The first-order valence-corrected chi connectivity index (χ1v) is 6.23. The van der Waals surface area contributed by atoms with E-state index in [9.17, 15) is 4.79 Å². The predicted octanol–water partition coefficient (Wildman–Crippen LogP) is 1.39. The van der Waals surface area contributed by atoms with Crippen molar-refractivity contribution in [1.29, 1.82) is 0 Å². The topological polar surface area (TPSA) is 32.3 Å². The summed E-state index contributed by atoms with van der Waals surface area (Å²) in [6, 6.07) is 0.921. The monoisotopic (exact) mass is 210 g/mol. The maximum atomic E-state index is 12.3. The fraction of sp³-hybridized carbons (Fsp3) is 0.917. The molecule has 2 fully saturated rings. The van der Waals surface area contributed by atoms with Gasteiger partial charge in [-0.15, -0.1) is 0 Å². The summed E-state index contributed by atoms with van der Waals surface area (Å²) in [4.78, 5) is 14.5. The maximum Gasteiger partial charge on any atom is 0.226 e. The van der Waals surface area contributed by atoms with Gasteiger partial charge < -0.3 is 10.2 Å². The fourth-order valence-electron chi connectivity index (χ4n) is 2.91. The number of hydrogen-bond donors (Lipinski definition) is 1. The molecule has 0 aromatic heterocycles. The predicted molar refractivity (Wildman–Crippen MR) is 60.6 cm³/mol. The number of likely N-dealkylation sites (tertiary alicyclic amines) is 1. The zero-order valence-corrected chi connectivity index (χ0v) is 9.83. The highest BCUT2D eigenvalue weighted by Gasteiger charge is 2.35. The molecule has 3 heteroatoms. The Kier molecular flexibility index (Phi) is 3.29. The van der Waals surface area contributed by atoms with E-state index in [1.807, 2.05) is 0 Å². The second-order valence-corrected chi connectivity index (χ2v) is 5.05. The van der Waals surface area contributed by atoms with Gasteiger partial charge in [0.25, 0.3) is 0 Å². The quantitative estimate of drug-likeness (QED) is 0.709. The lowest BCUT2D eigenvalue weighted by Crippen LogP contribution is -2.45. The molecular formula is C12H22N2O. The Balaban J connectivity index is 1.99.